The molecule has 2 aromatic rings. The number of benzene rings is 1. The van der Waals surface area contributed by atoms with Crippen molar-refractivity contribution in [1.29, 1.82) is 0 Å². The highest BCUT2D eigenvalue weighted by atomic mass is 35.5. The first-order valence-corrected chi connectivity index (χ1v) is 5.93. The van der Waals surface area contributed by atoms with Crippen LogP contribution in [0, 0.1) is 10.1 Å². The van der Waals surface area contributed by atoms with Gasteiger partial charge in [-0.25, -0.2) is 0 Å². The lowest BCUT2D eigenvalue weighted by molar-refractivity contribution is -0.384. The molecule has 0 radical (unpaired) electrons. The van der Waals surface area contributed by atoms with E-state index in [0.29, 0.717) is 25.3 Å². The summed E-state index contributed by atoms with van der Waals surface area (Å²) in [5.41, 5.74) is 0.711. The molecule has 0 aliphatic heterocycles. The van der Waals surface area contributed by atoms with Crippen molar-refractivity contribution in [3.63, 3.8) is 0 Å². The number of aromatic nitrogens is 2. The fraction of sp³-hybridized carbons (Fsp3) is 0.273. The summed E-state index contributed by atoms with van der Waals surface area (Å²) >= 11 is 5.73. The summed E-state index contributed by atoms with van der Waals surface area (Å²) in [5.74, 6) is 0.620. The summed E-state index contributed by atoms with van der Waals surface area (Å²) in [4.78, 5) is 14.1. The molecule has 0 aliphatic rings. The second-order valence-electron chi connectivity index (χ2n) is 3.82. The molecule has 0 fully saturated rings. The lowest BCUT2D eigenvalue weighted by Gasteiger charge is -2.04. The highest BCUT2D eigenvalue weighted by Crippen LogP contribution is 2.24. The summed E-state index contributed by atoms with van der Waals surface area (Å²) in [6.45, 7) is 1.16. The van der Waals surface area contributed by atoms with Crippen molar-refractivity contribution in [3.05, 3.63) is 51.1 Å². The Balaban J connectivity index is 1.86. The number of hydrogen-bond donors (Lipinski definition) is 1. The molecule has 0 saturated carbocycles. The third-order valence-electron chi connectivity index (χ3n) is 2.47. The summed E-state index contributed by atoms with van der Waals surface area (Å²) in [6.07, 6.45) is 1.91. The Hall–Kier alpha value is -1.99. The zero-order valence-corrected chi connectivity index (χ0v) is 10.6. The van der Waals surface area contributed by atoms with Crippen molar-refractivity contribution in [2.24, 2.45) is 0 Å². The Kier molecular flexibility index (Phi) is 4.43. The molecule has 1 aromatic carbocycles. The van der Waals surface area contributed by atoms with E-state index in [0.717, 1.165) is 5.56 Å². The van der Waals surface area contributed by atoms with Crippen molar-refractivity contribution >= 4 is 17.3 Å². The highest BCUT2D eigenvalue weighted by molar-refractivity contribution is 6.32. The van der Waals surface area contributed by atoms with Crippen LogP contribution in [0.2, 0.25) is 5.02 Å². The highest BCUT2D eigenvalue weighted by Gasteiger charge is 2.12. The molecule has 7 nitrogen and oxygen atoms in total. The van der Waals surface area contributed by atoms with Gasteiger partial charge in [0.05, 0.1) is 4.92 Å². The maximum atomic E-state index is 10.7. The third-order valence-corrected chi connectivity index (χ3v) is 2.79. The van der Waals surface area contributed by atoms with Crippen LogP contribution in [-0.2, 0) is 13.0 Å². The summed E-state index contributed by atoms with van der Waals surface area (Å²) in [6, 6.07) is 4.73. The van der Waals surface area contributed by atoms with E-state index in [1.54, 1.807) is 6.07 Å². The molecule has 2 rings (SSSR count). The topological polar surface area (TPSA) is 94.1 Å². The second-order valence-corrected chi connectivity index (χ2v) is 4.22. The number of nitrogens with one attached hydrogen (secondary N) is 1. The van der Waals surface area contributed by atoms with Crippen molar-refractivity contribution in [3.8, 4) is 0 Å². The maximum absolute atomic E-state index is 10.7. The molecule has 0 amide bonds. The number of nitrogens with zero attached hydrogens (tertiary/aromatic N) is 3. The van der Waals surface area contributed by atoms with Gasteiger partial charge in [-0.2, -0.15) is 4.98 Å². The number of halogens is 1. The van der Waals surface area contributed by atoms with E-state index in [-0.39, 0.29) is 10.7 Å². The van der Waals surface area contributed by atoms with Gasteiger partial charge in [0.15, 0.2) is 5.82 Å². The lowest BCUT2D eigenvalue weighted by atomic mass is 10.2. The van der Waals surface area contributed by atoms with Gasteiger partial charge in [-0.1, -0.05) is 22.8 Å². The van der Waals surface area contributed by atoms with E-state index in [1.165, 1.54) is 18.5 Å². The average Bonchev–Trinajstić information content (AvgIpc) is 2.89. The van der Waals surface area contributed by atoms with Crippen LogP contribution in [0.25, 0.3) is 0 Å². The predicted octanol–water partition coefficient (Wildman–Crippen LogP) is 1.96. The van der Waals surface area contributed by atoms with E-state index in [4.69, 9.17) is 11.6 Å². The number of rotatable bonds is 6. The maximum Gasteiger partial charge on any atom is 0.288 e. The minimum Gasteiger partial charge on any atom is -0.343 e. The van der Waals surface area contributed by atoms with Gasteiger partial charge < -0.3 is 9.84 Å². The number of nitro benzene ring substituents is 1. The largest absolute Gasteiger partial charge is 0.343 e. The molecular weight excluding hydrogens is 272 g/mol. The van der Waals surface area contributed by atoms with Gasteiger partial charge in [-0.05, 0) is 11.6 Å². The predicted molar refractivity (Wildman–Crippen MR) is 67.8 cm³/mol. The minimum atomic E-state index is -0.495. The molecule has 19 heavy (non-hydrogen) atoms. The molecule has 1 heterocycles. The van der Waals surface area contributed by atoms with E-state index in [1.807, 2.05) is 0 Å². The van der Waals surface area contributed by atoms with Crippen LogP contribution in [0.5, 0.6) is 0 Å². The summed E-state index contributed by atoms with van der Waals surface area (Å²) in [7, 11) is 0. The summed E-state index contributed by atoms with van der Waals surface area (Å²) < 4.78 is 4.61. The quantitative estimate of drug-likeness (QED) is 0.494. The third kappa shape index (κ3) is 3.73. The van der Waals surface area contributed by atoms with Gasteiger partial charge >= 0.3 is 0 Å². The van der Waals surface area contributed by atoms with Crippen LogP contribution in [-0.4, -0.2) is 21.6 Å². The smallest absolute Gasteiger partial charge is 0.288 e. The van der Waals surface area contributed by atoms with Crippen molar-refractivity contribution in [2.75, 3.05) is 6.54 Å². The fourth-order valence-corrected chi connectivity index (χ4v) is 1.73. The van der Waals surface area contributed by atoms with E-state index in [2.05, 4.69) is 20.0 Å². The van der Waals surface area contributed by atoms with Gasteiger partial charge in [-0.15, -0.1) is 0 Å². The first-order chi connectivity index (χ1) is 9.16. The van der Waals surface area contributed by atoms with Gasteiger partial charge in [0.2, 0.25) is 6.39 Å². The first-order valence-electron chi connectivity index (χ1n) is 5.55. The van der Waals surface area contributed by atoms with Crippen LogP contribution in [0.3, 0.4) is 0 Å². The minimum absolute atomic E-state index is 0.0841. The van der Waals surface area contributed by atoms with Crippen LogP contribution in [0.1, 0.15) is 11.4 Å². The lowest BCUT2D eigenvalue weighted by Crippen LogP contribution is -2.17. The first kappa shape index (κ1) is 13.4. The van der Waals surface area contributed by atoms with Gasteiger partial charge in [-0.3, -0.25) is 10.1 Å². The van der Waals surface area contributed by atoms with Crippen LogP contribution >= 0.6 is 11.6 Å². The Bertz CT molecular complexity index is 559. The monoisotopic (exact) mass is 282 g/mol. The second kappa shape index (κ2) is 6.26. The molecule has 8 heteroatoms. The Morgan fingerprint density at radius 1 is 1.47 bits per heavy atom. The Labute approximate surface area is 113 Å². The van der Waals surface area contributed by atoms with Gasteiger partial charge in [0.25, 0.3) is 5.69 Å². The molecule has 100 valence electrons. The summed E-state index contributed by atoms with van der Waals surface area (Å²) in [5, 5.41) is 17.7. The molecule has 0 saturated heterocycles. The molecular formula is C11H11ClN4O3. The fourth-order valence-electron chi connectivity index (χ4n) is 1.54. The van der Waals surface area contributed by atoms with E-state index < -0.39 is 4.92 Å². The van der Waals surface area contributed by atoms with Gasteiger partial charge in [0, 0.05) is 25.6 Å². The average molecular weight is 283 g/mol. The molecule has 1 aromatic heterocycles. The van der Waals surface area contributed by atoms with Crippen molar-refractivity contribution < 1.29 is 9.45 Å². The van der Waals surface area contributed by atoms with Crippen LogP contribution in [0.15, 0.2) is 29.1 Å². The number of nitro groups is 1. The molecule has 0 atom stereocenters. The van der Waals surface area contributed by atoms with Crippen molar-refractivity contribution in [2.45, 2.75) is 13.0 Å². The van der Waals surface area contributed by atoms with E-state index >= 15 is 0 Å². The van der Waals surface area contributed by atoms with E-state index in [9.17, 15) is 10.1 Å². The van der Waals surface area contributed by atoms with Crippen LogP contribution in [0.4, 0.5) is 5.69 Å². The normalized spacial score (nSPS) is 10.6. The zero-order valence-electron chi connectivity index (χ0n) is 9.88. The number of hydrogen-bond acceptors (Lipinski definition) is 6. The van der Waals surface area contributed by atoms with Crippen molar-refractivity contribution in [1.82, 2.24) is 15.5 Å². The zero-order chi connectivity index (χ0) is 13.7. The van der Waals surface area contributed by atoms with Crippen LogP contribution < -0.4 is 5.32 Å². The Morgan fingerprint density at radius 3 is 3.00 bits per heavy atom. The molecule has 0 unspecified atom stereocenters. The molecule has 0 spiro atoms. The Morgan fingerprint density at radius 2 is 2.32 bits per heavy atom. The molecule has 0 aliphatic carbocycles. The molecule has 1 N–H and O–H groups in total. The molecule has 0 bridgehead atoms. The van der Waals surface area contributed by atoms with Gasteiger partial charge in [0.1, 0.15) is 5.02 Å². The standard InChI is InChI=1S/C11H11ClN4O3/c12-9-2-1-8(5-10(9)16(17)18)6-13-4-3-11-14-7-19-15-11/h1-2,5,7,13H,3-4,6H2. The SMILES string of the molecule is O=[N+]([O-])c1cc(CNCCc2ncon2)ccc1Cl.